The van der Waals surface area contributed by atoms with Crippen LogP contribution < -0.4 is 15.5 Å². The van der Waals surface area contributed by atoms with Crippen molar-refractivity contribution in [2.45, 2.75) is 64.4 Å². The van der Waals surface area contributed by atoms with Gasteiger partial charge in [-0.25, -0.2) is 4.79 Å². The Hall–Kier alpha value is -4.41. The average molecular weight is 592 g/mol. The molecule has 2 aliphatic rings. The van der Waals surface area contributed by atoms with Crippen LogP contribution >= 0.6 is 0 Å². The number of carbonyl (C=O) groups excluding carboxylic acids is 5. The van der Waals surface area contributed by atoms with Crippen LogP contribution in [0.1, 0.15) is 49.5 Å². The van der Waals surface area contributed by atoms with Gasteiger partial charge in [0.2, 0.25) is 11.8 Å². The molecule has 2 aliphatic heterocycles. The lowest BCUT2D eigenvalue weighted by Crippen LogP contribution is -2.53. The number of ether oxygens (including phenoxy) is 1. The second kappa shape index (κ2) is 13.7. The maximum atomic E-state index is 13.8. The summed E-state index contributed by atoms with van der Waals surface area (Å²) in [5, 5.41) is 5.43. The molecule has 4 atom stereocenters. The van der Waals surface area contributed by atoms with Crippen molar-refractivity contribution in [2.75, 3.05) is 32.1 Å². The van der Waals surface area contributed by atoms with Crippen LogP contribution in [-0.4, -0.2) is 90.8 Å². The minimum absolute atomic E-state index is 0.0625. The smallest absolute Gasteiger partial charge is 0.408 e. The van der Waals surface area contributed by atoms with Crippen LogP contribution in [0.5, 0.6) is 0 Å². The number of nitrogens with zero attached hydrogens (tertiary/aromatic N) is 3. The Morgan fingerprint density at radius 2 is 1.60 bits per heavy atom. The van der Waals surface area contributed by atoms with Crippen molar-refractivity contribution in [3.8, 4) is 0 Å². The summed E-state index contributed by atoms with van der Waals surface area (Å²) in [5.41, 5.74) is 2.19. The summed E-state index contributed by atoms with van der Waals surface area (Å²) in [4.78, 5) is 70.6. The number of alkyl carbamates (subject to hydrolysis) is 1. The second-order valence-electron chi connectivity index (χ2n) is 11.8. The molecule has 11 heteroatoms. The van der Waals surface area contributed by atoms with Crippen molar-refractivity contribution >= 4 is 35.3 Å². The van der Waals surface area contributed by atoms with Gasteiger partial charge in [-0.05, 0) is 55.5 Å². The Labute approximate surface area is 252 Å². The van der Waals surface area contributed by atoms with Gasteiger partial charge in [-0.15, -0.1) is 0 Å². The third kappa shape index (κ3) is 7.52. The van der Waals surface area contributed by atoms with E-state index in [1.807, 2.05) is 75.3 Å². The van der Waals surface area contributed by atoms with E-state index in [1.165, 1.54) is 9.80 Å². The summed E-state index contributed by atoms with van der Waals surface area (Å²) < 4.78 is 5.23. The molecule has 0 spiro atoms. The van der Waals surface area contributed by atoms with E-state index in [9.17, 15) is 24.0 Å². The lowest BCUT2D eigenvalue weighted by Gasteiger charge is -2.29. The van der Waals surface area contributed by atoms with E-state index < -0.39 is 36.2 Å². The number of hydrogen-bond acceptors (Lipinski definition) is 7. The quantitative estimate of drug-likeness (QED) is 0.435. The van der Waals surface area contributed by atoms with Gasteiger partial charge in [0.05, 0.1) is 12.6 Å². The number of amides is 4. The fraction of sp³-hybridized carbons (Fsp3) is 0.469. The molecular formula is C32H41N5O6. The van der Waals surface area contributed by atoms with E-state index >= 15 is 0 Å². The van der Waals surface area contributed by atoms with Gasteiger partial charge in [0, 0.05) is 31.9 Å². The largest absolute Gasteiger partial charge is 0.445 e. The van der Waals surface area contributed by atoms with Crippen LogP contribution in [0.25, 0.3) is 0 Å². The molecule has 2 heterocycles. The molecule has 0 bridgehead atoms. The molecule has 1 unspecified atom stereocenters. The van der Waals surface area contributed by atoms with Crippen molar-refractivity contribution in [2.24, 2.45) is 5.92 Å². The van der Waals surface area contributed by atoms with E-state index in [2.05, 4.69) is 10.6 Å². The maximum absolute atomic E-state index is 13.8. The SMILES string of the molecule is CC(C)C[C@H](NC(=O)c1ccc(N(C)C)cc1)C(=O)N1CC[C@@H]2C1C(=O)CN2C(=O)[C@H](C)NC(=O)OCc1ccccc1. The molecule has 2 aromatic carbocycles. The van der Waals surface area contributed by atoms with Crippen molar-refractivity contribution in [1.82, 2.24) is 20.4 Å². The van der Waals surface area contributed by atoms with Gasteiger partial charge in [0.25, 0.3) is 5.91 Å². The number of anilines is 1. The molecular weight excluding hydrogens is 550 g/mol. The number of nitrogens with one attached hydrogen (secondary N) is 2. The first-order valence-electron chi connectivity index (χ1n) is 14.7. The standard InChI is InChI=1S/C32H41N5O6/c1-20(2)17-25(34-29(39)23-11-13-24(14-12-23)35(4)5)31(41)36-16-15-26-28(36)27(38)18-37(26)30(40)21(3)33-32(42)43-19-22-9-7-6-8-10-22/h6-14,20-21,25-26,28H,15-19H2,1-5H3,(H,33,42)(H,34,39)/t21-,25-,26+,28?/m0/s1. The lowest BCUT2D eigenvalue weighted by molar-refractivity contribution is -0.138. The van der Waals surface area contributed by atoms with E-state index in [1.54, 1.807) is 19.1 Å². The van der Waals surface area contributed by atoms with Crippen LogP contribution in [0.4, 0.5) is 10.5 Å². The molecule has 4 rings (SSSR count). The van der Waals surface area contributed by atoms with Crippen molar-refractivity contribution in [3.05, 3.63) is 65.7 Å². The van der Waals surface area contributed by atoms with Gasteiger partial charge in [0.1, 0.15) is 24.7 Å². The molecule has 4 amide bonds. The van der Waals surface area contributed by atoms with E-state index in [-0.39, 0.29) is 43.2 Å². The predicted molar refractivity (Wildman–Crippen MR) is 161 cm³/mol. The number of rotatable bonds is 10. The van der Waals surface area contributed by atoms with Crippen LogP contribution in [-0.2, 0) is 25.7 Å². The first kappa shape index (κ1) is 31.5. The number of fused-ring (bicyclic) bond motifs is 1. The topological polar surface area (TPSA) is 128 Å². The lowest BCUT2D eigenvalue weighted by atomic mass is 10.0. The minimum atomic E-state index is -0.925. The Morgan fingerprint density at radius 3 is 2.23 bits per heavy atom. The molecule has 230 valence electrons. The van der Waals surface area contributed by atoms with E-state index in [0.717, 1.165) is 11.3 Å². The van der Waals surface area contributed by atoms with Gasteiger partial charge in [-0.3, -0.25) is 19.2 Å². The van der Waals surface area contributed by atoms with Crippen molar-refractivity contribution in [1.29, 1.82) is 0 Å². The van der Waals surface area contributed by atoms with E-state index in [4.69, 9.17) is 4.74 Å². The molecule has 2 aromatic rings. The summed E-state index contributed by atoms with van der Waals surface area (Å²) in [5.74, 6) is -1.25. The van der Waals surface area contributed by atoms with Gasteiger partial charge < -0.3 is 30.1 Å². The molecule has 2 saturated heterocycles. The summed E-state index contributed by atoms with van der Waals surface area (Å²) >= 11 is 0. The highest BCUT2D eigenvalue weighted by atomic mass is 16.5. The van der Waals surface area contributed by atoms with Crippen LogP contribution in [0.3, 0.4) is 0 Å². The van der Waals surface area contributed by atoms with Gasteiger partial charge in [-0.1, -0.05) is 44.2 Å². The third-order valence-corrected chi connectivity index (χ3v) is 7.86. The second-order valence-corrected chi connectivity index (χ2v) is 11.8. The molecule has 11 nitrogen and oxygen atoms in total. The normalized spacial score (nSPS) is 19.1. The molecule has 0 aliphatic carbocycles. The molecule has 0 saturated carbocycles. The Morgan fingerprint density at radius 1 is 0.930 bits per heavy atom. The van der Waals surface area contributed by atoms with E-state index in [0.29, 0.717) is 18.4 Å². The van der Waals surface area contributed by atoms with Crippen molar-refractivity contribution < 1.29 is 28.7 Å². The Balaban J connectivity index is 1.39. The maximum Gasteiger partial charge on any atom is 0.408 e. The summed E-state index contributed by atoms with van der Waals surface area (Å²) in [6.45, 7) is 5.67. The minimum Gasteiger partial charge on any atom is -0.445 e. The average Bonchev–Trinajstić information content (AvgIpc) is 3.56. The Bertz CT molecular complexity index is 1330. The zero-order valence-corrected chi connectivity index (χ0v) is 25.4. The first-order chi connectivity index (χ1) is 20.5. The third-order valence-electron chi connectivity index (χ3n) is 7.86. The van der Waals surface area contributed by atoms with Gasteiger partial charge in [0.15, 0.2) is 5.78 Å². The number of hydrogen-bond donors (Lipinski definition) is 2. The monoisotopic (exact) mass is 591 g/mol. The zero-order chi connectivity index (χ0) is 31.3. The number of carbonyl (C=O) groups is 5. The summed E-state index contributed by atoms with van der Waals surface area (Å²) in [6, 6.07) is 13.2. The van der Waals surface area contributed by atoms with Gasteiger partial charge >= 0.3 is 6.09 Å². The highest BCUT2D eigenvalue weighted by molar-refractivity contribution is 6.01. The summed E-state index contributed by atoms with van der Waals surface area (Å²) in [7, 11) is 3.82. The molecule has 2 fully saturated rings. The molecule has 43 heavy (non-hydrogen) atoms. The molecule has 0 aromatic heterocycles. The highest BCUT2D eigenvalue weighted by Crippen LogP contribution is 2.31. The molecule has 2 N–H and O–H groups in total. The van der Waals surface area contributed by atoms with Crippen LogP contribution in [0.2, 0.25) is 0 Å². The Kier molecular flexibility index (Phi) is 10.1. The van der Waals surface area contributed by atoms with Crippen LogP contribution in [0.15, 0.2) is 54.6 Å². The van der Waals surface area contributed by atoms with Crippen LogP contribution in [0, 0.1) is 5.92 Å². The fourth-order valence-electron chi connectivity index (χ4n) is 5.66. The predicted octanol–water partition coefficient (Wildman–Crippen LogP) is 2.59. The zero-order valence-electron chi connectivity index (χ0n) is 25.4. The van der Waals surface area contributed by atoms with Crippen molar-refractivity contribution in [3.63, 3.8) is 0 Å². The number of ketones is 1. The summed E-state index contributed by atoms with van der Waals surface area (Å²) in [6.07, 6.45) is 0.0866. The fourth-order valence-corrected chi connectivity index (χ4v) is 5.66. The number of Topliss-reactive ketones (excluding diaryl/α,β-unsaturated/α-hetero) is 1. The number of likely N-dealkylation sites (tertiary alicyclic amines) is 2. The molecule has 0 radical (unpaired) electrons. The van der Waals surface area contributed by atoms with Gasteiger partial charge in [-0.2, -0.15) is 0 Å². The first-order valence-corrected chi connectivity index (χ1v) is 14.7. The number of benzene rings is 2. The highest BCUT2D eigenvalue weighted by Gasteiger charge is 2.52.